The number of nitrogens with zero attached hydrogens (tertiary/aromatic N) is 2. The predicted octanol–water partition coefficient (Wildman–Crippen LogP) is 0.967. The third kappa shape index (κ3) is 3.82. The molecule has 0 spiro atoms. The standard InChI is InChI=1S/C9H14N2O4S/c1-3-14-8(13)7-10-11-9(15-7)16-5-6(2)4-12/h6,12H,3-5H2,1-2H3. The minimum Gasteiger partial charge on any atom is -0.459 e. The summed E-state index contributed by atoms with van der Waals surface area (Å²) in [5.74, 6) is 0.0435. The molecule has 0 bridgehead atoms. The monoisotopic (exact) mass is 246 g/mol. The van der Waals surface area contributed by atoms with E-state index in [1.807, 2.05) is 6.92 Å². The minimum atomic E-state index is -0.614. The Kier molecular flexibility index (Phi) is 5.27. The van der Waals surface area contributed by atoms with Crippen LogP contribution in [-0.4, -0.2) is 40.2 Å². The van der Waals surface area contributed by atoms with Crippen molar-refractivity contribution in [2.45, 2.75) is 19.1 Å². The van der Waals surface area contributed by atoms with E-state index in [0.29, 0.717) is 11.0 Å². The van der Waals surface area contributed by atoms with Crippen LogP contribution < -0.4 is 0 Å². The van der Waals surface area contributed by atoms with E-state index >= 15 is 0 Å². The Morgan fingerprint density at radius 2 is 2.38 bits per heavy atom. The van der Waals surface area contributed by atoms with Crippen LogP contribution in [0.25, 0.3) is 0 Å². The zero-order valence-electron chi connectivity index (χ0n) is 9.17. The van der Waals surface area contributed by atoms with Gasteiger partial charge in [-0.2, -0.15) is 0 Å². The predicted molar refractivity (Wildman–Crippen MR) is 57.2 cm³/mol. The fourth-order valence-corrected chi connectivity index (χ4v) is 1.58. The summed E-state index contributed by atoms with van der Waals surface area (Å²) in [6.45, 7) is 3.97. The molecule has 0 aliphatic rings. The number of rotatable bonds is 6. The van der Waals surface area contributed by atoms with E-state index in [0.717, 1.165) is 0 Å². The van der Waals surface area contributed by atoms with E-state index < -0.39 is 5.97 Å². The van der Waals surface area contributed by atoms with Crippen molar-refractivity contribution in [3.8, 4) is 0 Å². The molecule has 16 heavy (non-hydrogen) atoms. The van der Waals surface area contributed by atoms with Crippen molar-refractivity contribution in [1.82, 2.24) is 10.2 Å². The number of aliphatic hydroxyl groups is 1. The Morgan fingerprint density at radius 1 is 1.62 bits per heavy atom. The Balaban J connectivity index is 2.48. The maximum absolute atomic E-state index is 11.2. The molecule has 0 aromatic carbocycles. The van der Waals surface area contributed by atoms with Crippen molar-refractivity contribution >= 4 is 17.7 Å². The van der Waals surface area contributed by atoms with E-state index in [2.05, 4.69) is 10.2 Å². The van der Waals surface area contributed by atoms with Gasteiger partial charge in [0, 0.05) is 12.4 Å². The van der Waals surface area contributed by atoms with Crippen molar-refractivity contribution in [2.24, 2.45) is 5.92 Å². The first-order chi connectivity index (χ1) is 7.67. The van der Waals surface area contributed by atoms with Gasteiger partial charge in [-0.3, -0.25) is 0 Å². The van der Waals surface area contributed by atoms with E-state index in [1.165, 1.54) is 11.8 Å². The fourth-order valence-electron chi connectivity index (χ4n) is 0.810. The summed E-state index contributed by atoms with van der Waals surface area (Å²) in [4.78, 5) is 11.2. The van der Waals surface area contributed by atoms with Gasteiger partial charge in [-0.05, 0) is 12.8 Å². The van der Waals surface area contributed by atoms with Gasteiger partial charge in [-0.15, -0.1) is 5.10 Å². The first kappa shape index (κ1) is 13.0. The van der Waals surface area contributed by atoms with Gasteiger partial charge in [0.15, 0.2) is 0 Å². The summed E-state index contributed by atoms with van der Waals surface area (Å²) in [7, 11) is 0. The lowest BCUT2D eigenvalue weighted by Crippen LogP contribution is -2.04. The normalized spacial score (nSPS) is 12.4. The van der Waals surface area contributed by atoms with E-state index in [9.17, 15) is 4.79 Å². The molecule has 0 aliphatic carbocycles. The van der Waals surface area contributed by atoms with E-state index in [1.54, 1.807) is 6.92 Å². The van der Waals surface area contributed by atoms with E-state index in [-0.39, 0.29) is 25.0 Å². The Hall–Kier alpha value is -1.08. The smallest absolute Gasteiger partial charge is 0.396 e. The largest absolute Gasteiger partial charge is 0.459 e. The molecule has 90 valence electrons. The molecule has 0 fully saturated rings. The lowest BCUT2D eigenvalue weighted by atomic mass is 10.2. The molecule has 1 aromatic heterocycles. The summed E-state index contributed by atoms with van der Waals surface area (Å²) in [5, 5.41) is 16.4. The average molecular weight is 246 g/mol. The van der Waals surface area contributed by atoms with Crippen LogP contribution in [0, 0.1) is 5.92 Å². The zero-order chi connectivity index (χ0) is 12.0. The van der Waals surface area contributed by atoms with Crippen molar-refractivity contribution < 1.29 is 19.1 Å². The maximum Gasteiger partial charge on any atom is 0.396 e. The molecule has 1 aromatic rings. The molecule has 1 rings (SSSR count). The van der Waals surface area contributed by atoms with E-state index in [4.69, 9.17) is 14.3 Å². The molecule has 1 atom stereocenters. The first-order valence-corrected chi connectivity index (χ1v) is 5.90. The Bertz CT molecular complexity index is 342. The lowest BCUT2D eigenvalue weighted by Gasteiger charge is -2.02. The van der Waals surface area contributed by atoms with Crippen LogP contribution in [0.3, 0.4) is 0 Å². The third-order valence-electron chi connectivity index (χ3n) is 1.66. The zero-order valence-corrected chi connectivity index (χ0v) is 9.99. The average Bonchev–Trinajstić information content (AvgIpc) is 2.75. The van der Waals surface area contributed by atoms with Crippen LogP contribution in [0.1, 0.15) is 24.5 Å². The molecule has 7 heteroatoms. The molecule has 0 amide bonds. The van der Waals surface area contributed by atoms with Crippen molar-refractivity contribution in [1.29, 1.82) is 0 Å². The molecule has 6 nitrogen and oxygen atoms in total. The quantitative estimate of drug-likeness (QED) is 0.591. The number of ether oxygens (including phenoxy) is 1. The highest BCUT2D eigenvalue weighted by atomic mass is 32.2. The summed E-state index contributed by atoms with van der Waals surface area (Å²) in [6, 6.07) is 0. The molecule has 0 saturated heterocycles. The fraction of sp³-hybridized carbons (Fsp3) is 0.667. The number of aromatic nitrogens is 2. The number of carbonyl (C=O) groups excluding carboxylic acids is 1. The number of esters is 1. The van der Waals surface area contributed by atoms with Gasteiger partial charge in [0.05, 0.1) is 6.61 Å². The minimum absolute atomic E-state index is 0.103. The van der Waals surface area contributed by atoms with Gasteiger partial charge < -0.3 is 14.3 Å². The number of aliphatic hydroxyl groups excluding tert-OH is 1. The van der Waals surface area contributed by atoms with Crippen molar-refractivity contribution in [3.05, 3.63) is 5.89 Å². The van der Waals surface area contributed by atoms with Gasteiger partial charge >= 0.3 is 11.9 Å². The second-order valence-corrected chi connectivity index (χ2v) is 4.16. The molecular weight excluding hydrogens is 232 g/mol. The highest BCUT2D eigenvalue weighted by molar-refractivity contribution is 7.99. The summed E-state index contributed by atoms with van der Waals surface area (Å²) >= 11 is 1.30. The molecular formula is C9H14N2O4S. The Morgan fingerprint density at radius 3 is 3.00 bits per heavy atom. The molecule has 1 unspecified atom stereocenters. The molecule has 1 N–H and O–H groups in total. The van der Waals surface area contributed by atoms with Crippen LogP contribution >= 0.6 is 11.8 Å². The number of hydrogen-bond donors (Lipinski definition) is 1. The van der Waals surface area contributed by atoms with Crippen molar-refractivity contribution in [3.63, 3.8) is 0 Å². The van der Waals surface area contributed by atoms with Gasteiger partial charge in [0.25, 0.3) is 5.22 Å². The number of thioether (sulfide) groups is 1. The second-order valence-electron chi connectivity index (χ2n) is 3.19. The van der Waals surface area contributed by atoms with Crippen LogP contribution in [-0.2, 0) is 4.74 Å². The summed E-state index contributed by atoms with van der Waals surface area (Å²) < 4.78 is 9.78. The number of hydrogen-bond acceptors (Lipinski definition) is 7. The van der Waals surface area contributed by atoms with Gasteiger partial charge in [-0.25, -0.2) is 4.79 Å². The topological polar surface area (TPSA) is 85.5 Å². The van der Waals surface area contributed by atoms with Crippen LogP contribution in [0.5, 0.6) is 0 Å². The van der Waals surface area contributed by atoms with Crippen LogP contribution in [0.15, 0.2) is 9.64 Å². The molecule has 1 heterocycles. The molecule has 0 saturated carbocycles. The van der Waals surface area contributed by atoms with Gasteiger partial charge in [-0.1, -0.05) is 23.8 Å². The SMILES string of the molecule is CCOC(=O)c1nnc(SCC(C)CO)o1. The third-order valence-corrected chi connectivity index (χ3v) is 2.81. The van der Waals surface area contributed by atoms with Crippen LogP contribution in [0.2, 0.25) is 0 Å². The maximum atomic E-state index is 11.2. The van der Waals surface area contributed by atoms with Crippen molar-refractivity contribution in [2.75, 3.05) is 19.0 Å². The lowest BCUT2D eigenvalue weighted by molar-refractivity contribution is 0.0475. The van der Waals surface area contributed by atoms with Gasteiger partial charge in [0.2, 0.25) is 0 Å². The number of carbonyl (C=O) groups is 1. The summed E-state index contributed by atoms with van der Waals surface area (Å²) in [5.41, 5.74) is 0. The molecule has 0 radical (unpaired) electrons. The van der Waals surface area contributed by atoms with Crippen LogP contribution in [0.4, 0.5) is 0 Å². The summed E-state index contributed by atoms with van der Waals surface area (Å²) in [6.07, 6.45) is 0. The second kappa shape index (κ2) is 6.49. The first-order valence-electron chi connectivity index (χ1n) is 4.91. The van der Waals surface area contributed by atoms with Gasteiger partial charge in [0.1, 0.15) is 0 Å². The highest BCUT2D eigenvalue weighted by Crippen LogP contribution is 2.19. The molecule has 0 aliphatic heterocycles. The highest BCUT2D eigenvalue weighted by Gasteiger charge is 2.16. The Labute approximate surface area is 97.4 Å².